The highest BCUT2D eigenvalue weighted by Crippen LogP contribution is 2.19. The van der Waals surface area contributed by atoms with Gasteiger partial charge in [-0.2, -0.15) is 0 Å². The molecular formula is C20H19F2N3O2. The summed E-state index contributed by atoms with van der Waals surface area (Å²) in [6.07, 6.45) is 3.63. The third-order valence-electron chi connectivity index (χ3n) is 4.17. The van der Waals surface area contributed by atoms with Crippen LogP contribution in [0.4, 0.5) is 14.5 Å². The number of nitrogens with one attached hydrogen (secondary N) is 3. The summed E-state index contributed by atoms with van der Waals surface area (Å²) in [6, 6.07) is 11.0. The molecule has 0 saturated heterocycles. The molecule has 0 atom stereocenters. The number of hydrogen-bond donors (Lipinski definition) is 3. The van der Waals surface area contributed by atoms with Gasteiger partial charge in [0.2, 0.25) is 11.8 Å². The number of hydrogen-bond acceptors (Lipinski definition) is 2. The molecule has 7 heteroatoms. The minimum absolute atomic E-state index is 0.132. The van der Waals surface area contributed by atoms with Gasteiger partial charge in [0.05, 0.1) is 6.54 Å². The molecule has 0 aliphatic carbocycles. The van der Waals surface area contributed by atoms with Gasteiger partial charge in [0.15, 0.2) is 11.6 Å². The summed E-state index contributed by atoms with van der Waals surface area (Å²) in [4.78, 5) is 26.8. The number of aryl methyl sites for hydroxylation is 1. The molecule has 2 amide bonds. The summed E-state index contributed by atoms with van der Waals surface area (Å²) in [6.45, 7) is -0.231. The van der Waals surface area contributed by atoms with Crippen LogP contribution >= 0.6 is 0 Å². The second-order valence-electron chi connectivity index (χ2n) is 6.17. The zero-order valence-electron chi connectivity index (χ0n) is 14.5. The van der Waals surface area contributed by atoms with E-state index in [0.29, 0.717) is 6.42 Å². The monoisotopic (exact) mass is 371 g/mol. The first-order valence-corrected chi connectivity index (χ1v) is 8.59. The molecule has 3 rings (SSSR count). The number of amides is 2. The van der Waals surface area contributed by atoms with Crippen LogP contribution in [0.3, 0.4) is 0 Å². The average molecular weight is 371 g/mol. The van der Waals surface area contributed by atoms with E-state index < -0.39 is 17.5 Å². The maximum Gasteiger partial charge on any atom is 0.243 e. The Labute approximate surface area is 154 Å². The lowest BCUT2D eigenvalue weighted by Crippen LogP contribution is -2.32. The SMILES string of the molecule is O=C(CCCc1c[nH]c2ccccc12)NCC(=O)Nc1ccc(F)c(F)c1. The van der Waals surface area contributed by atoms with Crippen molar-refractivity contribution in [2.24, 2.45) is 0 Å². The Morgan fingerprint density at radius 1 is 1.00 bits per heavy atom. The number of aromatic amines is 1. The third-order valence-corrected chi connectivity index (χ3v) is 4.17. The van der Waals surface area contributed by atoms with Gasteiger partial charge < -0.3 is 15.6 Å². The van der Waals surface area contributed by atoms with Crippen molar-refractivity contribution in [2.75, 3.05) is 11.9 Å². The lowest BCUT2D eigenvalue weighted by atomic mass is 10.1. The lowest BCUT2D eigenvalue weighted by molar-refractivity contribution is -0.124. The molecule has 1 heterocycles. The van der Waals surface area contributed by atoms with E-state index >= 15 is 0 Å². The quantitative estimate of drug-likeness (QED) is 0.594. The topological polar surface area (TPSA) is 74.0 Å². The Morgan fingerprint density at radius 3 is 2.63 bits per heavy atom. The number of halogens is 2. The number of carbonyl (C=O) groups excluding carboxylic acids is 2. The fraction of sp³-hybridized carbons (Fsp3) is 0.200. The molecule has 1 aromatic heterocycles. The van der Waals surface area contributed by atoms with Crippen LogP contribution in [-0.4, -0.2) is 23.3 Å². The van der Waals surface area contributed by atoms with Crippen LogP contribution in [0.2, 0.25) is 0 Å². The molecular weight excluding hydrogens is 352 g/mol. The second kappa shape index (κ2) is 8.44. The maximum atomic E-state index is 13.1. The smallest absolute Gasteiger partial charge is 0.243 e. The van der Waals surface area contributed by atoms with Gasteiger partial charge in [0.1, 0.15) is 0 Å². The zero-order chi connectivity index (χ0) is 19.2. The van der Waals surface area contributed by atoms with Crippen molar-refractivity contribution in [1.29, 1.82) is 0 Å². The van der Waals surface area contributed by atoms with Crippen molar-refractivity contribution in [3.05, 3.63) is 65.9 Å². The van der Waals surface area contributed by atoms with E-state index in [2.05, 4.69) is 15.6 Å². The molecule has 0 spiro atoms. The number of H-pyrrole nitrogens is 1. The molecule has 2 aromatic carbocycles. The van der Waals surface area contributed by atoms with Crippen LogP contribution < -0.4 is 10.6 Å². The molecule has 0 radical (unpaired) electrons. The summed E-state index contributed by atoms with van der Waals surface area (Å²) >= 11 is 0. The summed E-state index contributed by atoms with van der Waals surface area (Å²) < 4.78 is 25.9. The van der Waals surface area contributed by atoms with Crippen LogP contribution in [0, 0.1) is 11.6 Å². The Hall–Kier alpha value is -3.22. The number of benzene rings is 2. The van der Waals surface area contributed by atoms with Crippen molar-refractivity contribution in [2.45, 2.75) is 19.3 Å². The lowest BCUT2D eigenvalue weighted by Gasteiger charge is -2.07. The highest BCUT2D eigenvalue weighted by Gasteiger charge is 2.09. The first-order valence-electron chi connectivity index (χ1n) is 8.59. The molecule has 0 fully saturated rings. The van der Waals surface area contributed by atoms with Gasteiger partial charge in [0.25, 0.3) is 0 Å². The van der Waals surface area contributed by atoms with E-state index in [-0.39, 0.29) is 24.6 Å². The van der Waals surface area contributed by atoms with Crippen LogP contribution in [-0.2, 0) is 16.0 Å². The number of anilines is 1. The van der Waals surface area contributed by atoms with Gasteiger partial charge >= 0.3 is 0 Å². The number of fused-ring (bicyclic) bond motifs is 1. The Balaban J connectivity index is 1.40. The first-order chi connectivity index (χ1) is 13.0. The largest absolute Gasteiger partial charge is 0.361 e. The van der Waals surface area contributed by atoms with Crippen molar-refractivity contribution < 1.29 is 18.4 Å². The Bertz CT molecular complexity index is 969. The first kappa shape index (κ1) is 18.6. The molecule has 3 aromatic rings. The van der Waals surface area contributed by atoms with Crippen molar-refractivity contribution >= 4 is 28.4 Å². The van der Waals surface area contributed by atoms with Gasteiger partial charge in [-0.15, -0.1) is 0 Å². The van der Waals surface area contributed by atoms with Gasteiger partial charge in [-0.1, -0.05) is 18.2 Å². The Kier molecular flexibility index (Phi) is 5.80. The predicted octanol–water partition coefficient (Wildman–Crippen LogP) is 3.52. The summed E-state index contributed by atoms with van der Waals surface area (Å²) in [5.41, 5.74) is 2.34. The number of rotatable bonds is 7. The van der Waals surface area contributed by atoms with Crippen molar-refractivity contribution in [3.8, 4) is 0 Å². The van der Waals surface area contributed by atoms with Crippen molar-refractivity contribution in [3.63, 3.8) is 0 Å². The molecule has 27 heavy (non-hydrogen) atoms. The molecule has 0 bridgehead atoms. The molecule has 3 N–H and O–H groups in total. The van der Waals surface area contributed by atoms with Crippen LogP contribution in [0.1, 0.15) is 18.4 Å². The standard InChI is InChI=1S/C20H19F2N3O2/c21-16-9-8-14(10-17(16)22)25-20(27)12-24-19(26)7-3-4-13-11-23-18-6-2-1-5-15(13)18/h1-2,5-6,8-11,23H,3-4,7,12H2,(H,24,26)(H,25,27). The third kappa shape index (κ3) is 4.91. The molecule has 0 aliphatic heterocycles. The van der Waals surface area contributed by atoms with E-state index in [1.165, 1.54) is 6.07 Å². The highest BCUT2D eigenvalue weighted by atomic mass is 19.2. The molecule has 0 saturated carbocycles. The van der Waals surface area contributed by atoms with Gasteiger partial charge in [-0.25, -0.2) is 8.78 Å². The van der Waals surface area contributed by atoms with E-state index in [0.717, 1.165) is 35.0 Å². The van der Waals surface area contributed by atoms with E-state index in [1.807, 2.05) is 30.5 Å². The zero-order valence-corrected chi connectivity index (χ0v) is 14.5. The summed E-state index contributed by atoms with van der Waals surface area (Å²) in [5, 5.41) is 6.06. The van der Waals surface area contributed by atoms with E-state index in [1.54, 1.807) is 0 Å². The van der Waals surface area contributed by atoms with Crippen LogP contribution in [0.15, 0.2) is 48.7 Å². The number of para-hydroxylation sites is 1. The second-order valence-corrected chi connectivity index (χ2v) is 6.17. The minimum Gasteiger partial charge on any atom is -0.361 e. The van der Waals surface area contributed by atoms with E-state index in [4.69, 9.17) is 0 Å². The number of aromatic nitrogens is 1. The van der Waals surface area contributed by atoms with Gasteiger partial charge in [0, 0.05) is 35.3 Å². The fourth-order valence-electron chi connectivity index (χ4n) is 2.82. The van der Waals surface area contributed by atoms with Gasteiger partial charge in [-0.3, -0.25) is 9.59 Å². The Morgan fingerprint density at radius 2 is 1.81 bits per heavy atom. The normalized spacial score (nSPS) is 10.7. The maximum absolute atomic E-state index is 13.1. The predicted molar refractivity (Wildman–Crippen MR) is 99.2 cm³/mol. The average Bonchev–Trinajstić information content (AvgIpc) is 3.06. The number of carbonyl (C=O) groups is 2. The molecule has 0 unspecified atom stereocenters. The highest BCUT2D eigenvalue weighted by molar-refractivity contribution is 5.94. The van der Waals surface area contributed by atoms with Crippen LogP contribution in [0.5, 0.6) is 0 Å². The fourth-order valence-corrected chi connectivity index (χ4v) is 2.82. The molecule has 0 aliphatic rings. The molecule has 5 nitrogen and oxygen atoms in total. The van der Waals surface area contributed by atoms with Crippen LogP contribution in [0.25, 0.3) is 10.9 Å². The van der Waals surface area contributed by atoms with Gasteiger partial charge in [-0.05, 0) is 36.6 Å². The summed E-state index contributed by atoms with van der Waals surface area (Å²) in [7, 11) is 0. The molecule has 140 valence electrons. The summed E-state index contributed by atoms with van der Waals surface area (Å²) in [5.74, 6) is -2.79. The minimum atomic E-state index is -1.05. The van der Waals surface area contributed by atoms with Crippen molar-refractivity contribution in [1.82, 2.24) is 10.3 Å². The van der Waals surface area contributed by atoms with E-state index in [9.17, 15) is 18.4 Å².